The number of halogens is 1. The second kappa shape index (κ2) is 5.34. The second-order valence-corrected chi connectivity index (χ2v) is 4.57. The Morgan fingerprint density at radius 2 is 2.00 bits per heavy atom. The first kappa shape index (κ1) is 12.1. The van der Waals surface area contributed by atoms with Crippen molar-refractivity contribution in [1.29, 1.82) is 0 Å². The molecular formula is C13H15ClN2O. The zero-order chi connectivity index (χ0) is 12.3. The van der Waals surface area contributed by atoms with Gasteiger partial charge in [-0.1, -0.05) is 28.9 Å². The largest absolute Gasteiger partial charge is 0.364 e. The van der Waals surface area contributed by atoms with Crippen molar-refractivity contribution in [1.82, 2.24) is 10.1 Å². The molecule has 3 nitrogen and oxygen atoms in total. The van der Waals surface area contributed by atoms with Crippen LogP contribution in [-0.4, -0.2) is 17.1 Å². The van der Waals surface area contributed by atoms with Crippen molar-refractivity contribution in [2.24, 2.45) is 0 Å². The summed E-state index contributed by atoms with van der Waals surface area (Å²) < 4.78 is 4.82. The molecule has 4 heteroatoms. The molecule has 0 spiro atoms. The van der Waals surface area contributed by atoms with Crippen LogP contribution in [0.1, 0.15) is 24.2 Å². The van der Waals surface area contributed by atoms with Gasteiger partial charge in [0.25, 0.3) is 0 Å². The van der Waals surface area contributed by atoms with E-state index < -0.39 is 0 Å². The summed E-state index contributed by atoms with van der Waals surface area (Å²) in [5.74, 6) is 0. The smallest absolute Gasteiger partial charge is 0.124 e. The van der Waals surface area contributed by atoms with E-state index in [1.165, 1.54) is 5.56 Å². The van der Waals surface area contributed by atoms with Crippen molar-refractivity contribution in [3.05, 3.63) is 52.9 Å². The van der Waals surface area contributed by atoms with Gasteiger partial charge in [0.15, 0.2) is 0 Å². The Balaban J connectivity index is 2.04. The molecule has 90 valence electrons. The predicted molar refractivity (Wildman–Crippen MR) is 67.8 cm³/mol. The van der Waals surface area contributed by atoms with Crippen LogP contribution in [0.3, 0.4) is 0 Å². The van der Waals surface area contributed by atoms with Crippen LogP contribution in [0.15, 0.2) is 41.1 Å². The van der Waals surface area contributed by atoms with E-state index in [1.54, 1.807) is 6.26 Å². The highest BCUT2D eigenvalue weighted by atomic mass is 35.5. The average Bonchev–Trinajstić information content (AvgIpc) is 2.82. The van der Waals surface area contributed by atoms with Gasteiger partial charge in [-0.15, -0.1) is 0 Å². The van der Waals surface area contributed by atoms with Crippen molar-refractivity contribution >= 4 is 11.6 Å². The molecule has 1 unspecified atom stereocenters. The Hall–Kier alpha value is -1.32. The van der Waals surface area contributed by atoms with Gasteiger partial charge in [0, 0.05) is 23.7 Å². The molecule has 0 bridgehead atoms. The van der Waals surface area contributed by atoms with Gasteiger partial charge in [0.2, 0.25) is 0 Å². The van der Waals surface area contributed by atoms with Gasteiger partial charge in [-0.3, -0.25) is 4.90 Å². The maximum atomic E-state index is 5.88. The summed E-state index contributed by atoms with van der Waals surface area (Å²) in [5, 5.41) is 4.67. The van der Waals surface area contributed by atoms with Gasteiger partial charge in [-0.2, -0.15) is 0 Å². The van der Waals surface area contributed by atoms with E-state index in [1.807, 2.05) is 30.3 Å². The van der Waals surface area contributed by atoms with Crippen LogP contribution in [0.25, 0.3) is 0 Å². The molecule has 0 N–H and O–H groups in total. The van der Waals surface area contributed by atoms with E-state index in [2.05, 4.69) is 24.0 Å². The monoisotopic (exact) mass is 250 g/mol. The van der Waals surface area contributed by atoms with Crippen molar-refractivity contribution < 1.29 is 4.52 Å². The molecule has 1 aromatic carbocycles. The Morgan fingerprint density at radius 1 is 1.29 bits per heavy atom. The molecule has 0 fully saturated rings. The zero-order valence-corrected chi connectivity index (χ0v) is 10.7. The van der Waals surface area contributed by atoms with Gasteiger partial charge in [-0.05, 0) is 31.7 Å². The van der Waals surface area contributed by atoms with Crippen molar-refractivity contribution in [2.75, 3.05) is 7.05 Å². The van der Waals surface area contributed by atoms with Crippen molar-refractivity contribution in [3.8, 4) is 0 Å². The van der Waals surface area contributed by atoms with Gasteiger partial charge in [0.1, 0.15) is 6.26 Å². The molecule has 1 aromatic heterocycles. The normalized spacial score (nSPS) is 12.9. The molecule has 0 aliphatic heterocycles. The summed E-state index contributed by atoms with van der Waals surface area (Å²) in [7, 11) is 2.06. The van der Waals surface area contributed by atoms with Gasteiger partial charge >= 0.3 is 0 Å². The number of nitrogens with zero attached hydrogens (tertiary/aromatic N) is 2. The molecule has 0 saturated heterocycles. The lowest BCUT2D eigenvalue weighted by Gasteiger charge is -2.24. The standard InChI is InChI=1S/C13H15ClN2O/c1-10(11-3-5-12(14)6-4-11)16(2)9-13-7-8-17-15-13/h3-8,10H,9H2,1-2H3. The van der Waals surface area contributed by atoms with Crippen LogP contribution in [0, 0.1) is 0 Å². The zero-order valence-electron chi connectivity index (χ0n) is 9.93. The van der Waals surface area contributed by atoms with E-state index in [9.17, 15) is 0 Å². The first-order chi connectivity index (χ1) is 8.16. The van der Waals surface area contributed by atoms with Crippen LogP contribution < -0.4 is 0 Å². The Labute approximate surface area is 106 Å². The van der Waals surface area contributed by atoms with E-state index in [0.717, 1.165) is 17.3 Å². The average molecular weight is 251 g/mol. The third-order valence-corrected chi connectivity index (χ3v) is 3.17. The van der Waals surface area contributed by atoms with E-state index >= 15 is 0 Å². The molecule has 1 heterocycles. The van der Waals surface area contributed by atoms with Gasteiger partial charge in [0.05, 0.1) is 5.69 Å². The van der Waals surface area contributed by atoms with Crippen molar-refractivity contribution in [2.45, 2.75) is 19.5 Å². The topological polar surface area (TPSA) is 29.3 Å². The van der Waals surface area contributed by atoms with Crippen LogP contribution in [0.5, 0.6) is 0 Å². The molecule has 2 rings (SSSR count). The van der Waals surface area contributed by atoms with Crippen LogP contribution in [0.2, 0.25) is 5.02 Å². The third kappa shape index (κ3) is 3.08. The minimum absolute atomic E-state index is 0.309. The van der Waals surface area contributed by atoms with Crippen LogP contribution in [-0.2, 0) is 6.54 Å². The van der Waals surface area contributed by atoms with Crippen LogP contribution >= 0.6 is 11.6 Å². The lowest BCUT2D eigenvalue weighted by atomic mass is 10.1. The lowest BCUT2D eigenvalue weighted by molar-refractivity contribution is 0.245. The lowest BCUT2D eigenvalue weighted by Crippen LogP contribution is -2.22. The first-order valence-corrected chi connectivity index (χ1v) is 5.89. The quantitative estimate of drug-likeness (QED) is 0.832. The summed E-state index contributed by atoms with van der Waals surface area (Å²) in [5.41, 5.74) is 2.17. The maximum absolute atomic E-state index is 5.88. The third-order valence-electron chi connectivity index (χ3n) is 2.92. The molecule has 17 heavy (non-hydrogen) atoms. The molecule has 0 amide bonds. The maximum Gasteiger partial charge on any atom is 0.124 e. The summed E-state index contributed by atoms with van der Waals surface area (Å²) in [6.45, 7) is 2.92. The van der Waals surface area contributed by atoms with Gasteiger partial charge in [-0.25, -0.2) is 0 Å². The summed E-state index contributed by atoms with van der Waals surface area (Å²) in [6.07, 6.45) is 1.59. The predicted octanol–water partition coefficient (Wildman–Crippen LogP) is 3.52. The fourth-order valence-electron chi connectivity index (χ4n) is 1.71. The molecule has 0 saturated carbocycles. The highest BCUT2D eigenvalue weighted by Gasteiger charge is 2.12. The highest BCUT2D eigenvalue weighted by molar-refractivity contribution is 6.30. The Morgan fingerprint density at radius 3 is 2.59 bits per heavy atom. The second-order valence-electron chi connectivity index (χ2n) is 4.13. The number of hydrogen-bond donors (Lipinski definition) is 0. The first-order valence-electron chi connectivity index (χ1n) is 5.52. The molecule has 0 radical (unpaired) electrons. The van der Waals surface area contributed by atoms with E-state index in [-0.39, 0.29) is 0 Å². The number of rotatable bonds is 4. The number of benzene rings is 1. The minimum Gasteiger partial charge on any atom is -0.364 e. The number of hydrogen-bond acceptors (Lipinski definition) is 3. The summed E-state index contributed by atoms with van der Waals surface area (Å²) in [4.78, 5) is 2.21. The fraction of sp³-hybridized carbons (Fsp3) is 0.308. The fourth-order valence-corrected chi connectivity index (χ4v) is 1.83. The summed E-state index contributed by atoms with van der Waals surface area (Å²) >= 11 is 5.88. The van der Waals surface area contributed by atoms with Gasteiger partial charge < -0.3 is 4.52 Å². The molecule has 2 aromatic rings. The molecule has 1 atom stereocenters. The van der Waals surface area contributed by atoms with Crippen molar-refractivity contribution in [3.63, 3.8) is 0 Å². The Kier molecular flexibility index (Phi) is 3.82. The van der Waals surface area contributed by atoms with E-state index in [4.69, 9.17) is 16.1 Å². The Bertz CT molecular complexity index is 453. The summed E-state index contributed by atoms with van der Waals surface area (Å²) in [6, 6.07) is 10.1. The molecular weight excluding hydrogens is 236 g/mol. The minimum atomic E-state index is 0.309. The molecule has 0 aliphatic rings. The van der Waals surface area contributed by atoms with E-state index in [0.29, 0.717) is 6.04 Å². The van der Waals surface area contributed by atoms with Crippen LogP contribution in [0.4, 0.5) is 0 Å². The highest BCUT2D eigenvalue weighted by Crippen LogP contribution is 2.21. The SMILES string of the molecule is CC(c1ccc(Cl)cc1)N(C)Cc1ccon1. The molecule has 0 aliphatic carbocycles. The number of aromatic nitrogens is 1.